The van der Waals surface area contributed by atoms with Crippen LogP contribution >= 0.6 is 0 Å². The molecule has 0 N–H and O–H groups in total. The molecule has 0 radical (unpaired) electrons. The summed E-state index contributed by atoms with van der Waals surface area (Å²) >= 11 is 0. The molecule has 0 saturated heterocycles. The molecule has 2 heterocycles. The van der Waals surface area contributed by atoms with E-state index in [9.17, 15) is 5.26 Å². The average molecular weight is 511 g/mol. The summed E-state index contributed by atoms with van der Waals surface area (Å²) in [7, 11) is 0. The highest BCUT2D eigenvalue weighted by Crippen LogP contribution is 2.39. The van der Waals surface area contributed by atoms with Gasteiger partial charge < -0.3 is 8.98 Å². The fourth-order valence-electron chi connectivity index (χ4n) is 6.00. The maximum Gasteiger partial charge on any atom is 0.143 e. The van der Waals surface area contributed by atoms with Gasteiger partial charge in [0.05, 0.1) is 22.7 Å². The highest BCUT2D eigenvalue weighted by atomic mass is 16.3. The van der Waals surface area contributed by atoms with Crippen molar-refractivity contribution in [1.82, 2.24) is 4.57 Å². The van der Waals surface area contributed by atoms with Gasteiger partial charge in [-0.2, -0.15) is 5.26 Å². The number of furan rings is 1. The van der Waals surface area contributed by atoms with E-state index in [1.54, 1.807) is 0 Å². The van der Waals surface area contributed by atoms with Gasteiger partial charge in [0.15, 0.2) is 0 Å². The molecule has 6 aromatic carbocycles. The largest absolute Gasteiger partial charge is 0.455 e. The molecule has 0 amide bonds. The maximum atomic E-state index is 10.0. The Labute approximate surface area is 230 Å². The zero-order valence-corrected chi connectivity index (χ0v) is 21.5. The van der Waals surface area contributed by atoms with Gasteiger partial charge in [0.25, 0.3) is 0 Å². The minimum Gasteiger partial charge on any atom is -0.455 e. The molecular weight excluding hydrogens is 488 g/mol. The van der Waals surface area contributed by atoms with E-state index in [0.717, 1.165) is 60.9 Å². The Hall–Kier alpha value is -5.59. The zero-order valence-electron chi connectivity index (χ0n) is 21.5. The normalized spacial score (nSPS) is 11.5. The number of nitrogens with zero attached hydrogens (tertiary/aromatic N) is 2. The molecule has 0 bridgehead atoms. The molecule has 0 saturated carbocycles. The second kappa shape index (κ2) is 8.73. The highest BCUT2D eigenvalue weighted by molar-refractivity contribution is 6.11. The first-order valence-corrected chi connectivity index (χ1v) is 13.3. The molecule has 0 atom stereocenters. The van der Waals surface area contributed by atoms with E-state index in [1.165, 1.54) is 10.8 Å². The van der Waals surface area contributed by atoms with Crippen LogP contribution in [0.3, 0.4) is 0 Å². The first-order chi connectivity index (χ1) is 19.8. The van der Waals surface area contributed by atoms with Crippen molar-refractivity contribution in [3.63, 3.8) is 0 Å². The number of para-hydroxylation sites is 3. The lowest BCUT2D eigenvalue weighted by atomic mass is 9.99. The SMILES string of the molecule is N#Cc1cc(-c2ccc3oc4c(-c5ccccc5)cccc4c3c2)cc(-n2c3ccccc3c3ccccc32)c1. The lowest BCUT2D eigenvalue weighted by Gasteiger charge is -2.11. The molecular formula is C37H22N2O. The lowest BCUT2D eigenvalue weighted by molar-refractivity contribution is 0.670. The van der Waals surface area contributed by atoms with Crippen LogP contribution in [-0.2, 0) is 0 Å². The molecule has 8 aromatic rings. The van der Waals surface area contributed by atoms with Crippen LogP contribution in [0.1, 0.15) is 5.56 Å². The fourth-order valence-corrected chi connectivity index (χ4v) is 6.00. The summed E-state index contributed by atoms with van der Waals surface area (Å²) in [6.45, 7) is 0. The maximum absolute atomic E-state index is 10.0. The molecule has 2 aromatic heterocycles. The van der Waals surface area contributed by atoms with E-state index >= 15 is 0 Å². The van der Waals surface area contributed by atoms with Crippen molar-refractivity contribution in [3.05, 3.63) is 139 Å². The molecule has 40 heavy (non-hydrogen) atoms. The van der Waals surface area contributed by atoms with Gasteiger partial charge in [-0.1, -0.05) is 91.0 Å². The van der Waals surface area contributed by atoms with Crippen LogP contribution in [0.4, 0.5) is 0 Å². The quantitative estimate of drug-likeness (QED) is 0.237. The Balaban J connectivity index is 1.34. The number of rotatable bonds is 3. The van der Waals surface area contributed by atoms with Crippen LogP contribution in [0, 0.1) is 11.3 Å². The van der Waals surface area contributed by atoms with Crippen molar-refractivity contribution in [1.29, 1.82) is 5.26 Å². The van der Waals surface area contributed by atoms with E-state index in [0.29, 0.717) is 5.56 Å². The molecule has 0 aliphatic rings. The summed E-state index contributed by atoms with van der Waals surface area (Å²) < 4.78 is 8.65. The minimum absolute atomic E-state index is 0.623. The molecule has 0 aliphatic carbocycles. The molecule has 186 valence electrons. The molecule has 3 nitrogen and oxygen atoms in total. The molecule has 3 heteroatoms. The van der Waals surface area contributed by atoms with Gasteiger partial charge in [0, 0.05) is 32.8 Å². The van der Waals surface area contributed by atoms with E-state index in [-0.39, 0.29) is 0 Å². The van der Waals surface area contributed by atoms with Crippen molar-refractivity contribution >= 4 is 43.7 Å². The van der Waals surface area contributed by atoms with Crippen LogP contribution < -0.4 is 0 Å². The Kier molecular flexibility index (Phi) is 4.89. The summed E-state index contributed by atoms with van der Waals surface area (Å²) in [4.78, 5) is 0. The second-order valence-corrected chi connectivity index (χ2v) is 10.1. The van der Waals surface area contributed by atoms with Crippen molar-refractivity contribution in [2.75, 3.05) is 0 Å². The summed E-state index contributed by atoms with van der Waals surface area (Å²) in [6, 6.07) is 48.3. The topological polar surface area (TPSA) is 41.9 Å². The van der Waals surface area contributed by atoms with Gasteiger partial charge >= 0.3 is 0 Å². The fraction of sp³-hybridized carbons (Fsp3) is 0. The van der Waals surface area contributed by atoms with Gasteiger partial charge in [-0.3, -0.25) is 0 Å². The van der Waals surface area contributed by atoms with Crippen molar-refractivity contribution < 1.29 is 4.42 Å². The molecule has 8 rings (SSSR count). The third kappa shape index (κ3) is 3.37. The van der Waals surface area contributed by atoms with Gasteiger partial charge in [-0.05, 0) is 59.2 Å². The standard InChI is InChI=1S/C37H22N2O/c38-23-24-19-27(21-28(20-24)39-34-15-6-4-11-30(34)31-12-5-7-16-35(31)39)26-17-18-36-33(22-26)32-14-8-13-29(37(32)40-36)25-9-2-1-3-10-25/h1-22H. The summed E-state index contributed by atoms with van der Waals surface area (Å²) in [5.41, 5.74) is 9.81. The molecule has 0 fully saturated rings. The van der Waals surface area contributed by atoms with Crippen molar-refractivity contribution in [2.45, 2.75) is 0 Å². The number of hydrogen-bond acceptors (Lipinski definition) is 2. The van der Waals surface area contributed by atoms with Crippen LogP contribution in [-0.4, -0.2) is 4.57 Å². The number of hydrogen-bond donors (Lipinski definition) is 0. The van der Waals surface area contributed by atoms with Gasteiger partial charge in [0.2, 0.25) is 0 Å². The van der Waals surface area contributed by atoms with Gasteiger partial charge in [-0.15, -0.1) is 0 Å². The molecule has 0 unspecified atom stereocenters. The van der Waals surface area contributed by atoms with Crippen LogP contribution in [0.2, 0.25) is 0 Å². The number of benzene rings is 6. The Morgan fingerprint density at radius 1 is 0.525 bits per heavy atom. The molecule has 0 spiro atoms. The smallest absolute Gasteiger partial charge is 0.143 e. The lowest BCUT2D eigenvalue weighted by Crippen LogP contribution is -1.95. The van der Waals surface area contributed by atoms with E-state index in [4.69, 9.17) is 4.42 Å². The predicted molar refractivity (Wildman–Crippen MR) is 164 cm³/mol. The first kappa shape index (κ1) is 22.4. The van der Waals surface area contributed by atoms with Gasteiger partial charge in [0.1, 0.15) is 11.2 Å². The van der Waals surface area contributed by atoms with E-state index in [1.807, 2.05) is 36.4 Å². The van der Waals surface area contributed by atoms with Crippen LogP contribution in [0.25, 0.3) is 71.7 Å². The zero-order chi connectivity index (χ0) is 26.6. The first-order valence-electron chi connectivity index (χ1n) is 13.3. The second-order valence-electron chi connectivity index (χ2n) is 10.1. The van der Waals surface area contributed by atoms with Crippen molar-refractivity contribution in [3.8, 4) is 34.0 Å². The van der Waals surface area contributed by atoms with E-state index in [2.05, 4.69) is 108 Å². The minimum atomic E-state index is 0.623. The number of aromatic nitrogens is 1. The third-order valence-corrected chi connectivity index (χ3v) is 7.80. The Morgan fingerprint density at radius 2 is 1.23 bits per heavy atom. The van der Waals surface area contributed by atoms with Crippen LogP contribution in [0.5, 0.6) is 0 Å². The summed E-state index contributed by atoms with van der Waals surface area (Å²) in [6.07, 6.45) is 0. The van der Waals surface area contributed by atoms with Gasteiger partial charge in [-0.25, -0.2) is 0 Å². The molecule has 0 aliphatic heterocycles. The van der Waals surface area contributed by atoms with Crippen molar-refractivity contribution in [2.24, 2.45) is 0 Å². The van der Waals surface area contributed by atoms with Crippen LogP contribution in [0.15, 0.2) is 138 Å². The Bertz CT molecular complexity index is 2230. The summed E-state index contributed by atoms with van der Waals surface area (Å²) in [5, 5.41) is 14.5. The third-order valence-electron chi connectivity index (χ3n) is 7.80. The van der Waals surface area contributed by atoms with E-state index < -0.39 is 0 Å². The monoisotopic (exact) mass is 510 g/mol. The number of fused-ring (bicyclic) bond motifs is 6. The summed E-state index contributed by atoms with van der Waals surface area (Å²) in [5.74, 6) is 0. The Morgan fingerprint density at radius 3 is 1.98 bits per heavy atom. The average Bonchev–Trinajstić information content (AvgIpc) is 3.57. The predicted octanol–water partition coefficient (Wildman–Crippen LogP) is 9.89. The highest BCUT2D eigenvalue weighted by Gasteiger charge is 2.16. The number of nitriles is 1.